The lowest BCUT2D eigenvalue weighted by Gasteiger charge is -2.05. The molecule has 0 N–H and O–H groups in total. The molecule has 0 aliphatic heterocycles. The maximum atomic E-state index is 13.1. The molecule has 3 rings (SSSR count). The van der Waals surface area contributed by atoms with Crippen molar-refractivity contribution in [2.24, 2.45) is 0 Å². The Hall–Kier alpha value is -1.76. The van der Waals surface area contributed by atoms with Crippen molar-refractivity contribution >= 4 is 35.0 Å². The Bertz CT molecular complexity index is 844. The van der Waals surface area contributed by atoms with E-state index < -0.39 is 0 Å². The van der Waals surface area contributed by atoms with E-state index in [1.807, 2.05) is 6.07 Å². The van der Waals surface area contributed by atoms with Gasteiger partial charge in [0.25, 0.3) is 11.1 Å². The molecule has 24 heavy (non-hydrogen) atoms. The molecular formula is C16H11Cl2FN2O2S. The Balaban J connectivity index is 1.55. The molecule has 0 amide bonds. The van der Waals surface area contributed by atoms with Gasteiger partial charge < -0.3 is 9.15 Å². The normalized spacial score (nSPS) is 10.8. The molecule has 4 nitrogen and oxygen atoms in total. The molecule has 124 valence electrons. The summed E-state index contributed by atoms with van der Waals surface area (Å²) in [5.74, 6) is 1.06. The van der Waals surface area contributed by atoms with Gasteiger partial charge in [-0.25, -0.2) is 4.39 Å². The van der Waals surface area contributed by atoms with Gasteiger partial charge in [0.2, 0.25) is 0 Å². The molecule has 0 atom stereocenters. The lowest BCUT2D eigenvalue weighted by Crippen LogP contribution is -1.96. The van der Waals surface area contributed by atoms with Crippen molar-refractivity contribution < 1.29 is 13.5 Å². The third-order valence-electron chi connectivity index (χ3n) is 2.94. The minimum Gasteiger partial charge on any atom is -0.482 e. The van der Waals surface area contributed by atoms with Crippen LogP contribution in [-0.2, 0) is 12.4 Å². The first-order valence-electron chi connectivity index (χ1n) is 6.87. The molecule has 8 heteroatoms. The maximum Gasteiger partial charge on any atom is 0.277 e. The molecule has 3 aromatic rings. The Kier molecular flexibility index (Phi) is 5.60. The average Bonchev–Trinajstić information content (AvgIpc) is 3.00. The average molecular weight is 385 g/mol. The van der Waals surface area contributed by atoms with Crippen molar-refractivity contribution in [3.05, 3.63) is 69.8 Å². The van der Waals surface area contributed by atoms with Gasteiger partial charge in [0, 0.05) is 10.8 Å². The quantitative estimate of drug-likeness (QED) is 0.533. The van der Waals surface area contributed by atoms with E-state index in [4.69, 9.17) is 32.4 Å². The number of ether oxygens (including phenoxy) is 1. The highest BCUT2D eigenvalue weighted by Gasteiger charge is 2.09. The fraction of sp³-hybridized carbons (Fsp3) is 0.125. The predicted molar refractivity (Wildman–Crippen MR) is 91.1 cm³/mol. The van der Waals surface area contributed by atoms with Crippen molar-refractivity contribution in [3.63, 3.8) is 0 Å². The highest BCUT2D eigenvalue weighted by Crippen LogP contribution is 2.28. The fourth-order valence-corrected chi connectivity index (χ4v) is 3.04. The number of halogens is 3. The summed E-state index contributed by atoms with van der Waals surface area (Å²) in [6.45, 7) is 0.0921. The molecule has 0 aliphatic rings. The van der Waals surface area contributed by atoms with Crippen LogP contribution in [0.2, 0.25) is 10.0 Å². The van der Waals surface area contributed by atoms with E-state index in [1.165, 1.54) is 23.9 Å². The van der Waals surface area contributed by atoms with Crippen molar-refractivity contribution in [3.8, 4) is 5.75 Å². The SMILES string of the molecule is Fc1cccc(CSc2nnc(COc3ccc(Cl)cc3Cl)o2)c1. The maximum absolute atomic E-state index is 13.1. The second-order valence-electron chi connectivity index (χ2n) is 4.74. The number of thioether (sulfide) groups is 1. The Labute approximate surface area is 151 Å². The van der Waals surface area contributed by atoms with Crippen LogP contribution in [0.3, 0.4) is 0 Å². The topological polar surface area (TPSA) is 48.2 Å². The molecule has 0 saturated carbocycles. The van der Waals surface area contributed by atoms with E-state index in [-0.39, 0.29) is 12.4 Å². The fourth-order valence-electron chi connectivity index (χ4n) is 1.86. The summed E-state index contributed by atoms with van der Waals surface area (Å²) in [5, 5.41) is 9.15. The smallest absolute Gasteiger partial charge is 0.277 e. The molecule has 2 aromatic carbocycles. The minimum atomic E-state index is -0.271. The first-order chi connectivity index (χ1) is 11.6. The molecule has 1 heterocycles. The molecule has 1 aromatic heterocycles. The highest BCUT2D eigenvalue weighted by atomic mass is 35.5. The Morgan fingerprint density at radius 1 is 1.12 bits per heavy atom. The summed E-state index contributed by atoms with van der Waals surface area (Å²) < 4.78 is 24.1. The van der Waals surface area contributed by atoms with Gasteiger partial charge in [0.15, 0.2) is 6.61 Å². The van der Waals surface area contributed by atoms with E-state index in [0.29, 0.717) is 32.7 Å². The number of nitrogens with zero attached hydrogens (tertiary/aromatic N) is 2. The van der Waals surface area contributed by atoms with Crippen LogP contribution in [0.4, 0.5) is 4.39 Å². The van der Waals surface area contributed by atoms with Gasteiger partial charge in [0.05, 0.1) is 5.02 Å². The van der Waals surface area contributed by atoms with Crippen LogP contribution in [0.5, 0.6) is 5.75 Å². The van der Waals surface area contributed by atoms with Crippen LogP contribution in [0, 0.1) is 5.82 Å². The molecule has 0 unspecified atom stereocenters. The minimum absolute atomic E-state index is 0.0921. The van der Waals surface area contributed by atoms with Crippen molar-refractivity contribution in [1.82, 2.24) is 10.2 Å². The Morgan fingerprint density at radius 3 is 2.79 bits per heavy atom. The van der Waals surface area contributed by atoms with Crippen LogP contribution >= 0.6 is 35.0 Å². The molecule has 0 radical (unpaired) electrons. The van der Waals surface area contributed by atoms with Gasteiger partial charge >= 0.3 is 0 Å². The lowest BCUT2D eigenvalue weighted by molar-refractivity contribution is 0.252. The van der Waals surface area contributed by atoms with Crippen molar-refractivity contribution in [2.45, 2.75) is 17.6 Å². The summed E-state index contributed by atoms with van der Waals surface area (Å²) >= 11 is 13.2. The zero-order valence-corrected chi connectivity index (χ0v) is 14.5. The van der Waals surface area contributed by atoms with Crippen molar-refractivity contribution in [2.75, 3.05) is 0 Å². The van der Waals surface area contributed by atoms with Crippen LogP contribution in [0.15, 0.2) is 52.1 Å². The van der Waals surface area contributed by atoms with E-state index in [2.05, 4.69) is 10.2 Å². The van der Waals surface area contributed by atoms with Crippen LogP contribution in [0.25, 0.3) is 0 Å². The zero-order chi connectivity index (χ0) is 16.9. The zero-order valence-electron chi connectivity index (χ0n) is 12.2. The van der Waals surface area contributed by atoms with Gasteiger partial charge in [-0.05, 0) is 35.9 Å². The summed E-state index contributed by atoms with van der Waals surface area (Å²) in [5.41, 5.74) is 0.837. The summed E-state index contributed by atoms with van der Waals surface area (Å²) in [4.78, 5) is 0. The summed E-state index contributed by atoms with van der Waals surface area (Å²) in [6.07, 6.45) is 0. The first kappa shape index (κ1) is 17.1. The molecule has 0 aliphatic carbocycles. The Morgan fingerprint density at radius 2 is 2.00 bits per heavy atom. The lowest BCUT2D eigenvalue weighted by atomic mass is 10.2. The van der Waals surface area contributed by atoms with E-state index >= 15 is 0 Å². The monoisotopic (exact) mass is 384 g/mol. The van der Waals surface area contributed by atoms with Gasteiger partial charge in [-0.15, -0.1) is 10.2 Å². The van der Waals surface area contributed by atoms with Gasteiger partial charge in [-0.1, -0.05) is 47.1 Å². The van der Waals surface area contributed by atoms with Crippen LogP contribution in [0.1, 0.15) is 11.5 Å². The third kappa shape index (κ3) is 4.63. The van der Waals surface area contributed by atoms with E-state index in [1.54, 1.807) is 24.3 Å². The van der Waals surface area contributed by atoms with Gasteiger partial charge in [-0.2, -0.15) is 0 Å². The highest BCUT2D eigenvalue weighted by molar-refractivity contribution is 7.98. The molecular weight excluding hydrogens is 374 g/mol. The number of rotatable bonds is 6. The largest absolute Gasteiger partial charge is 0.482 e. The number of benzene rings is 2. The van der Waals surface area contributed by atoms with E-state index in [9.17, 15) is 4.39 Å². The number of aromatic nitrogens is 2. The third-order valence-corrected chi connectivity index (χ3v) is 4.36. The van der Waals surface area contributed by atoms with Gasteiger partial charge in [0.1, 0.15) is 11.6 Å². The van der Waals surface area contributed by atoms with Gasteiger partial charge in [-0.3, -0.25) is 0 Å². The first-order valence-corrected chi connectivity index (χ1v) is 8.62. The molecule has 0 fully saturated rings. The predicted octanol–water partition coefficient (Wildman–Crippen LogP) is 5.39. The second-order valence-corrected chi connectivity index (χ2v) is 6.51. The summed E-state index contributed by atoms with van der Waals surface area (Å²) in [7, 11) is 0. The number of hydrogen-bond donors (Lipinski definition) is 0. The second kappa shape index (κ2) is 7.88. The van der Waals surface area contributed by atoms with Crippen LogP contribution in [-0.4, -0.2) is 10.2 Å². The molecule has 0 spiro atoms. The standard InChI is InChI=1S/C16H11Cl2FN2O2S/c17-11-4-5-14(13(18)7-11)22-8-15-20-21-16(23-15)24-9-10-2-1-3-12(19)6-10/h1-7H,8-9H2. The molecule has 0 bridgehead atoms. The summed E-state index contributed by atoms with van der Waals surface area (Å²) in [6, 6.07) is 11.3. The molecule has 0 saturated heterocycles. The van der Waals surface area contributed by atoms with Crippen LogP contribution < -0.4 is 4.74 Å². The van der Waals surface area contributed by atoms with E-state index in [0.717, 1.165) is 5.56 Å². The number of hydrogen-bond acceptors (Lipinski definition) is 5. The van der Waals surface area contributed by atoms with Crippen molar-refractivity contribution in [1.29, 1.82) is 0 Å².